The molecule has 0 atom stereocenters. The van der Waals surface area contributed by atoms with E-state index in [1.165, 1.54) is 10.9 Å². The minimum atomic E-state index is -3.66. The zero-order valence-corrected chi connectivity index (χ0v) is 12.7. The Labute approximate surface area is 113 Å². The summed E-state index contributed by atoms with van der Waals surface area (Å²) in [4.78, 5) is 3.84. The molecule has 0 amide bonds. The van der Waals surface area contributed by atoms with Crippen molar-refractivity contribution in [2.75, 3.05) is 0 Å². The van der Waals surface area contributed by atoms with Crippen molar-refractivity contribution in [2.24, 2.45) is 17.9 Å². The van der Waals surface area contributed by atoms with Gasteiger partial charge in [-0.3, -0.25) is 0 Å². The normalized spacial score (nSPS) is 22.1. The highest BCUT2D eigenvalue weighted by Gasteiger charge is 2.66. The lowest BCUT2D eigenvalue weighted by Crippen LogP contribution is -2.30. The van der Waals surface area contributed by atoms with Gasteiger partial charge in [-0.1, -0.05) is 39.3 Å². The van der Waals surface area contributed by atoms with Crippen LogP contribution >= 0.6 is 11.6 Å². The first-order chi connectivity index (χ1) is 8.02. The number of hydrogen-bond donors (Lipinski definition) is 1. The smallest absolute Gasteiger partial charge is 0.261 e. The van der Waals surface area contributed by atoms with Crippen LogP contribution in [0.4, 0.5) is 0 Å². The molecule has 102 valence electrons. The molecule has 0 radical (unpaired) electrons. The Kier molecular flexibility index (Phi) is 2.85. The van der Waals surface area contributed by atoms with Crippen molar-refractivity contribution >= 4 is 21.6 Å². The van der Waals surface area contributed by atoms with Gasteiger partial charge >= 0.3 is 0 Å². The molecule has 1 heterocycles. The fraction of sp³-hybridized carbons (Fsp3) is 0.727. The number of nitrogens with zero attached hydrogens (tertiary/aromatic N) is 2. The quantitative estimate of drug-likeness (QED) is 0.923. The molecule has 0 saturated heterocycles. The molecule has 1 saturated carbocycles. The van der Waals surface area contributed by atoms with Crippen molar-refractivity contribution in [3.63, 3.8) is 0 Å². The van der Waals surface area contributed by atoms with E-state index in [1.54, 1.807) is 7.05 Å². The lowest BCUT2D eigenvalue weighted by molar-refractivity contribution is 0.457. The van der Waals surface area contributed by atoms with E-state index in [4.69, 9.17) is 11.6 Å². The highest BCUT2D eigenvalue weighted by atomic mass is 35.5. The van der Waals surface area contributed by atoms with E-state index in [1.807, 2.05) is 27.7 Å². The van der Waals surface area contributed by atoms with Gasteiger partial charge in [0, 0.05) is 13.1 Å². The van der Waals surface area contributed by atoms with Crippen LogP contribution < -0.4 is 4.72 Å². The van der Waals surface area contributed by atoms with Gasteiger partial charge < -0.3 is 4.57 Å². The third kappa shape index (κ3) is 1.78. The first-order valence-electron chi connectivity index (χ1n) is 5.71. The first kappa shape index (κ1) is 13.8. The summed E-state index contributed by atoms with van der Waals surface area (Å²) in [5.41, 5.74) is -0.136. The molecule has 0 unspecified atom stereocenters. The minimum absolute atomic E-state index is 0.0681. The van der Waals surface area contributed by atoms with E-state index in [0.29, 0.717) is 0 Å². The maximum absolute atomic E-state index is 12.2. The second kappa shape index (κ2) is 3.71. The molecule has 5 nitrogen and oxygen atoms in total. The van der Waals surface area contributed by atoms with Gasteiger partial charge in [-0.15, -0.1) is 0 Å². The molecule has 1 aromatic heterocycles. The second-order valence-corrected chi connectivity index (χ2v) is 7.94. The maximum Gasteiger partial charge on any atom is 0.261 e. The Hall–Kier alpha value is -0.590. The molecule has 1 aliphatic carbocycles. The standard InChI is InChI=1S/C11H18ClN3O2S/c1-10(2)9(11(10,3)4)14-18(16,17)8-7(12)15(5)6-13-8/h6,9,14H,1-5H3. The zero-order valence-electron chi connectivity index (χ0n) is 11.2. The van der Waals surface area contributed by atoms with E-state index in [9.17, 15) is 8.42 Å². The summed E-state index contributed by atoms with van der Waals surface area (Å²) in [5, 5.41) is 0.0175. The van der Waals surface area contributed by atoms with Crippen LogP contribution in [0, 0.1) is 10.8 Å². The summed E-state index contributed by atoms with van der Waals surface area (Å²) in [6.07, 6.45) is 1.39. The molecule has 0 aliphatic heterocycles. The summed E-state index contributed by atoms with van der Waals surface area (Å²) >= 11 is 5.92. The lowest BCUT2D eigenvalue weighted by atomic mass is 10.0. The van der Waals surface area contributed by atoms with Crippen LogP contribution in [-0.2, 0) is 17.1 Å². The molecule has 1 aromatic rings. The molecule has 0 aromatic carbocycles. The molecular formula is C11H18ClN3O2S. The topological polar surface area (TPSA) is 64.0 Å². The third-order valence-corrected chi connectivity index (χ3v) is 6.29. The van der Waals surface area contributed by atoms with Gasteiger partial charge in [-0.25, -0.2) is 18.1 Å². The van der Waals surface area contributed by atoms with Crippen molar-refractivity contribution in [1.82, 2.24) is 14.3 Å². The third-order valence-electron chi connectivity index (χ3n) is 4.38. The number of rotatable bonds is 3. The van der Waals surface area contributed by atoms with Gasteiger partial charge in [0.2, 0.25) is 5.03 Å². The molecule has 18 heavy (non-hydrogen) atoms. The molecular weight excluding hydrogens is 274 g/mol. The maximum atomic E-state index is 12.2. The predicted octanol–water partition coefficient (Wildman–Crippen LogP) is 1.79. The fourth-order valence-corrected chi connectivity index (χ4v) is 4.24. The average molecular weight is 292 g/mol. The van der Waals surface area contributed by atoms with Crippen LogP contribution in [0.15, 0.2) is 11.4 Å². The Morgan fingerprint density at radius 3 is 2.17 bits per heavy atom. The number of aryl methyl sites for hydroxylation is 1. The molecule has 1 fully saturated rings. The van der Waals surface area contributed by atoms with E-state index in [-0.39, 0.29) is 27.1 Å². The van der Waals surface area contributed by atoms with E-state index >= 15 is 0 Å². The summed E-state index contributed by atoms with van der Waals surface area (Å²) in [6.45, 7) is 8.17. The Morgan fingerprint density at radius 1 is 1.33 bits per heavy atom. The SMILES string of the molecule is Cn1cnc(S(=O)(=O)NC2C(C)(C)C2(C)C)c1Cl. The summed E-state index contributed by atoms with van der Waals surface area (Å²) in [7, 11) is -2.01. The lowest BCUT2D eigenvalue weighted by Gasteiger charge is -2.06. The van der Waals surface area contributed by atoms with Gasteiger partial charge in [-0.05, 0) is 10.8 Å². The van der Waals surface area contributed by atoms with Crippen molar-refractivity contribution < 1.29 is 8.42 Å². The van der Waals surface area contributed by atoms with Crippen LogP contribution in [0.2, 0.25) is 5.15 Å². The van der Waals surface area contributed by atoms with Crippen LogP contribution in [0.25, 0.3) is 0 Å². The molecule has 1 aliphatic rings. The predicted molar refractivity (Wildman–Crippen MR) is 69.9 cm³/mol. The summed E-state index contributed by atoms with van der Waals surface area (Å²) in [6, 6.07) is -0.104. The van der Waals surface area contributed by atoms with Crippen LogP contribution in [0.1, 0.15) is 27.7 Å². The second-order valence-electron chi connectivity index (χ2n) is 5.95. The van der Waals surface area contributed by atoms with Crippen LogP contribution in [-0.4, -0.2) is 24.0 Å². The fourth-order valence-electron chi connectivity index (χ4n) is 2.28. The van der Waals surface area contributed by atoms with Crippen LogP contribution in [0.3, 0.4) is 0 Å². The largest absolute Gasteiger partial charge is 0.324 e. The van der Waals surface area contributed by atoms with Gasteiger partial charge in [0.25, 0.3) is 10.0 Å². The molecule has 0 bridgehead atoms. The number of hydrogen-bond acceptors (Lipinski definition) is 3. The van der Waals surface area contributed by atoms with Crippen LogP contribution in [0.5, 0.6) is 0 Å². The first-order valence-corrected chi connectivity index (χ1v) is 7.57. The number of halogens is 1. The van der Waals surface area contributed by atoms with Crippen molar-refractivity contribution in [3.8, 4) is 0 Å². The van der Waals surface area contributed by atoms with Gasteiger partial charge in [0.05, 0.1) is 6.33 Å². The van der Waals surface area contributed by atoms with E-state index in [0.717, 1.165) is 0 Å². The van der Waals surface area contributed by atoms with E-state index < -0.39 is 10.0 Å². The average Bonchev–Trinajstić information content (AvgIpc) is 2.54. The van der Waals surface area contributed by atoms with Gasteiger partial charge in [-0.2, -0.15) is 0 Å². The van der Waals surface area contributed by atoms with Crippen molar-refractivity contribution in [1.29, 1.82) is 0 Å². The Balaban J connectivity index is 2.28. The highest BCUT2D eigenvalue weighted by Crippen LogP contribution is 2.62. The number of sulfonamides is 1. The molecule has 0 spiro atoms. The molecule has 2 rings (SSSR count). The Bertz CT molecular complexity index is 575. The van der Waals surface area contributed by atoms with E-state index in [2.05, 4.69) is 9.71 Å². The highest BCUT2D eigenvalue weighted by molar-refractivity contribution is 7.89. The summed E-state index contributed by atoms with van der Waals surface area (Å²) < 4.78 is 28.6. The zero-order chi connectivity index (χ0) is 13.9. The van der Waals surface area contributed by atoms with Crippen molar-refractivity contribution in [3.05, 3.63) is 11.5 Å². The monoisotopic (exact) mass is 291 g/mol. The van der Waals surface area contributed by atoms with Gasteiger partial charge in [0.1, 0.15) is 5.15 Å². The Morgan fingerprint density at radius 2 is 1.83 bits per heavy atom. The number of imidazole rings is 1. The molecule has 1 N–H and O–H groups in total. The number of nitrogens with one attached hydrogen (secondary N) is 1. The molecule has 7 heteroatoms. The summed E-state index contributed by atoms with van der Waals surface area (Å²) in [5.74, 6) is 0. The van der Waals surface area contributed by atoms with Crippen molar-refractivity contribution in [2.45, 2.75) is 38.8 Å². The minimum Gasteiger partial charge on any atom is -0.324 e. The number of aromatic nitrogens is 2. The van der Waals surface area contributed by atoms with Gasteiger partial charge in [0.15, 0.2) is 0 Å².